The van der Waals surface area contributed by atoms with Crippen LogP contribution in [-0.4, -0.2) is 56.8 Å². The van der Waals surface area contributed by atoms with Crippen LogP contribution in [-0.2, 0) is 24.2 Å². The fraction of sp³-hybridized carbons (Fsp3) is 0.526. The maximum Gasteiger partial charge on any atom is 0.226 e. The van der Waals surface area contributed by atoms with E-state index in [-0.39, 0.29) is 5.92 Å². The van der Waals surface area contributed by atoms with Gasteiger partial charge in [-0.3, -0.25) is 14.7 Å². The summed E-state index contributed by atoms with van der Waals surface area (Å²) in [5, 5.41) is 0. The maximum absolute atomic E-state index is 12.9. The van der Waals surface area contributed by atoms with Crippen molar-refractivity contribution >= 4 is 5.91 Å². The Hall–Kier alpha value is -2.21. The van der Waals surface area contributed by atoms with Crippen molar-refractivity contribution in [1.82, 2.24) is 24.8 Å². The number of nitrogens with zero attached hydrogens (tertiary/aromatic N) is 4. The zero-order valence-electron chi connectivity index (χ0n) is 14.7. The number of carbonyl (C=O) groups excluding carboxylic acids is 1. The van der Waals surface area contributed by atoms with Crippen LogP contribution >= 0.6 is 0 Å². The highest BCUT2D eigenvalue weighted by molar-refractivity contribution is 5.79. The average molecular weight is 339 g/mol. The van der Waals surface area contributed by atoms with Crippen molar-refractivity contribution in [3.05, 3.63) is 47.3 Å². The summed E-state index contributed by atoms with van der Waals surface area (Å²) < 4.78 is 0. The summed E-state index contributed by atoms with van der Waals surface area (Å²) in [7, 11) is 0. The molecular formula is C19H25N5O. The van der Waals surface area contributed by atoms with Crippen molar-refractivity contribution in [1.29, 1.82) is 0 Å². The SMILES string of the molecule is Cc1nc2c([nH]1)C[C@H](C(=O)N1CCN(Cc3ccccn3)CC1)CC2. The van der Waals surface area contributed by atoms with Crippen LogP contribution in [0.15, 0.2) is 24.4 Å². The van der Waals surface area contributed by atoms with E-state index >= 15 is 0 Å². The maximum atomic E-state index is 12.9. The molecule has 0 unspecified atom stereocenters. The van der Waals surface area contributed by atoms with Crippen LogP contribution in [0.1, 0.15) is 29.3 Å². The van der Waals surface area contributed by atoms with Gasteiger partial charge >= 0.3 is 0 Å². The van der Waals surface area contributed by atoms with E-state index in [1.807, 2.05) is 30.2 Å². The molecule has 4 rings (SSSR count). The predicted octanol–water partition coefficient (Wildman–Crippen LogP) is 1.56. The van der Waals surface area contributed by atoms with E-state index in [0.717, 1.165) is 74.9 Å². The summed E-state index contributed by atoms with van der Waals surface area (Å²) in [4.78, 5) is 29.6. The second kappa shape index (κ2) is 6.96. The molecule has 1 amide bonds. The fourth-order valence-corrected chi connectivity index (χ4v) is 3.94. The Morgan fingerprint density at radius 2 is 2.12 bits per heavy atom. The van der Waals surface area contributed by atoms with Gasteiger partial charge in [-0.15, -0.1) is 0 Å². The topological polar surface area (TPSA) is 65.1 Å². The van der Waals surface area contributed by atoms with Crippen molar-refractivity contribution in [3.63, 3.8) is 0 Å². The molecule has 0 saturated carbocycles. The lowest BCUT2D eigenvalue weighted by atomic mass is 9.88. The summed E-state index contributed by atoms with van der Waals surface area (Å²) in [6.07, 6.45) is 4.48. The van der Waals surface area contributed by atoms with Gasteiger partial charge in [0, 0.05) is 57.0 Å². The van der Waals surface area contributed by atoms with Gasteiger partial charge in [-0.2, -0.15) is 0 Å². The van der Waals surface area contributed by atoms with Crippen molar-refractivity contribution in [2.24, 2.45) is 5.92 Å². The molecule has 1 fully saturated rings. The zero-order valence-corrected chi connectivity index (χ0v) is 14.7. The number of fused-ring (bicyclic) bond motifs is 1. The largest absolute Gasteiger partial charge is 0.346 e. The summed E-state index contributed by atoms with van der Waals surface area (Å²) in [5.41, 5.74) is 3.41. The van der Waals surface area contributed by atoms with Gasteiger partial charge in [-0.1, -0.05) is 6.07 Å². The van der Waals surface area contributed by atoms with E-state index in [4.69, 9.17) is 0 Å². The minimum atomic E-state index is 0.106. The number of hydrogen-bond acceptors (Lipinski definition) is 4. The molecule has 0 radical (unpaired) electrons. The first-order valence-electron chi connectivity index (χ1n) is 9.14. The van der Waals surface area contributed by atoms with Gasteiger partial charge < -0.3 is 9.88 Å². The fourth-order valence-electron chi connectivity index (χ4n) is 3.94. The van der Waals surface area contributed by atoms with Gasteiger partial charge in [0.05, 0.1) is 11.4 Å². The number of aryl methyl sites for hydroxylation is 2. The molecule has 3 heterocycles. The molecule has 0 bridgehead atoms. The number of rotatable bonds is 3. The Morgan fingerprint density at radius 1 is 1.28 bits per heavy atom. The van der Waals surface area contributed by atoms with E-state index in [0.29, 0.717) is 5.91 Å². The van der Waals surface area contributed by atoms with Crippen molar-refractivity contribution in [2.45, 2.75) is 32.7 Å². The van der Waals surface area contributed by atoms with Gasteiger partial charge in [0.25, 0.3) is 0 Å². The number of nitrogens with one attached hydrogen (secondary N) is 1. The Balaban J connectivity index is 1.31. The molecule has 1 aliphatic heterocycles. The van der Waals surface area contributed by atoms with E-state index in [9.17, 15) is 4.79 Å². The molecule has 0 spiro atoms. The highest BCUT2D eigenvalue weighted by Gasteiger charge is 2.31. The van der Waals surface area contributed by atoms with Crippen LogP contribution in [0.25, 0.3) is 0 Å². The Kier molecular flexibility index (Phi) is 4.53. The number of hydrogen-bond donors (Lipinski definition) is 1. The van der Waals surface area contributed by atoms with Crippen molar-refractivity contribution in [3.8, 4) is 0 Å². The molecule has 2 aromatic rings. The van der Waals surface area contributed by atoms with Crippen LogP contribution in [0.2, 0.25) is 0 Å². The van der Waals surface area contributed by atoms with Crippen LogP contribution in [0.5, 0.6) is 0 Å². The van der Waals surface area contributed by atoms with E-state index in [1.54, 1.807) is 0 Å². The van der Waals surface area contributed by atoms with Crippen LogP contribution in [0.3, 0.4) is 0 Å². The van der Waals surface area contributed by atoms with Crippen LogP contribution in [0, 0.1) is 12.8 Å². The lowest BCUT2D eigenvalue weighted by Crippen LogP contribution is -2.50. The molecule has 6 heteroatoms. The normalized spacial score (nSPS) is 21.2. The van der Waals surface area contributed by atoms with E-state index in [2.05, 4.69) is 25.9 Å². The number of piperazine rings is 1. The lowest BCUT2D eigenvalue weighted by Gasteiger charge is -2.36. The molecule has 2 aromatic heterocycles. The monoisotopic (exact) mass is 339 g/mol. The summed E-state index contributed by atoms with van der Waals surface area (Å²) >= 11 is 0. The lowest BCUT2D eigenvalue weighted by molar-refractivity contribution is -0.137. The minimum Gasteiger partial charge on any atom is -0.346 e. The zero-order chi connectivity index (χ0) is 17.2. The molecule has 1 saturated heterocycles. The summed E-state index contributed by atoms with van der Waals surface area (Å²) in [6, 6.07) is 6.02. The predicted molar refractivity (Wildman–Crippen MR) is 94.9 cm³/mol. The summed E-state index contributed by atoms with van der Waals surface area (Å²) in [5.74, 6) is 1.38. The third-order valence-corrected chi connectivity index (χ3v) is 5.31. The number of amides is 1. The number of pyridine rings is 1. The van der Waals surface area contributed by atoms with Gasteiger partial charge in [0.15, 0.2) is 0 Å². The second-order valence-corrected chi connectivity index (χ2v) is 7.11. The van der Waals surface area contributed by atoms with Gasteiger partial charge in [0.1, 0.15) is 5.82 Å². The van der Waals surface area contributed by atoms with Crippen LogP contribution in [0.4, 0.5) is 0 Å². The molecule has 25 heavy (non-hydrogen) atoms. The number of aromatic nitrogens is 3. The summed E-state index contributed by atoms with van der Waals surface area (Å²) in [6.45, 7) is 6.32. The molecule has 2 aliphatic rings. The highest BCUT2D eigenvalue weighted by Crippen LogP contribution is 2.25. The molecule has 0 aromatic carbocycles. The Labute approximate surface area is 148 Å². The molecule has 6 nitrogen and oxygen atoms in total. The standard InChI is InChI=1S/C19H25N5O/c1-14-21-17-6-5-15(12-18(17)22-14)19(25)24-10-8-23(9-11-24)13-16-4-2-3-7-20-16/h2-4,7,15H,5-6,8-13H2,1H3,(H,21,22)/t15-/m1/s1. The number of H-pyrrole nitrogens is 1. The number of aromatic amines is 1. The third-order valence-electron chi connectivity index (χ3n) is 5.31. The molecule has 1 atom stereocenters. The molecule has 1 N–H and O–H groups in total. The van der Waals surface area contributed by atoms with E-state index in [1.165, 1.54) is 0 Å². The van der Waals surface area contributed by atoms with Gasteiger partial charge in [-0.05, 0) is 31.9 Å². The second-order valence-electron chi connectivity index (χ2n) is 7.11. The first kappa shape index (κ1) is 16.3. The smallest absolute Gasteiger partial charge is 0.226 e. The Bertz CT molecular complexity index is 734. The van der Waals surface area contributed by atoms with E-state index < -0.39 is 0 Å². The molecule has 1 aliphatic carbocycles. The minimum absolute atomic E-state index is 0.106. The van der Waals surface area contributed by atoms with Crippen LogP contribution < -0.4 is 0 Å². The molecule has 132 valence electrons. The first-order valence-corrected chi connectivity index (χ1v) is 9.14. The highest BCUT2D eigenvalue weighted by atomic mass is 16.2. The number of imidazole rings is 1. The number of carbonyl (C=O) groups is 1. The first-order chi connectivity index (χ1) is 12.2. The third kappa shape index (κ3) is 3.58. The quantitative estimate of drug-likeness (QED) is 0.922. The van der Waals surface area contributed by atoms with Crippen molar-refractivity contribution < 1.29 is 4.79 Å². The molecular weight excluding hydrogens is 314 g/mol. The Morgan fingerprint density at radius 3 is 2.88 bits per heavy atom. The van der Waals surface area contributed by atoms with Crippen molar-refractivity contribution in [2.75, 3.05) is 26.2 Å². The average Bonchev–Trinajstić information content (AvgIpc) is 3.02. The van der Waals surface area contributed by atoms with Gasteiger partial charge in [0.2, 0.25) is 5.91 Å². The van der Waals surface area contributed by atoms with Gasteiger partial charge in [-0.25, -0.2) is 4.98 Å².